The van der Waals surface area contributed by atoms with E-state index < -0.39 is 96.4 Å². The summed E-state index contributed by atoms with van der Waals surface area (Å²) in [6.07, 6.45) is 2.74. The highest BCUT2D eigenvalue weighted by Crippen LogP contribution is 2.29. The van der Waals surface area contributed by atoms with Crippen molar-refractivity contribution in [1.82, 2.24) is 41.4 Å². The van der Waals surface area contributed by atoms with E-state index in [0.29, 0.717) is 31.2 Å². The summed E-state index contributed by atoms with van der Waals surface area (Å²) in [6, 6.07) is 9.18. The average molecular weight is 958 g/mol. The van der Waals surface area contributed by atoms with Gasteiger partial charge in [-0.05, 0) is 94.4 Å². The highest BCUT2D eigenvalue weighted by atomic mass is 16.4. The Hall–Kier alpha value is -6.58. The number of H-pyrrole nitrogens is 1. The number of hydrogen-bond donors (Lipinski definition) is 11. The van der Waals surface area contributed by atoms with Crippen molar-refractivity contribution < 1.29 is 48.9 Å². The van der Waals surface area contributed by atoms with E-state index in [-0.39, 0.29) is 82.9 Å². The highest BCUT2D eigenvalue weighted by Gasteiger charge is 2.44. The SMILES string of the molecule is CN(CC(=O)O)[C@@H](Cc1ccccc1)C(=O)N[C@H]1CCCNC(=O)[C@H](CCCN=C(N)N)NC(=O)[C@H](Cc2c[nH]c3ccccc23)NC(=O)[C@@H](CC2CCC(O)CC2)NC(=O)[C@@H]2C[C@@H](O)CN2C1=O. The number of nitrogens with one attached hydrogen (secondary N) is 6. The van der Waals surface area contributed by atoms with Gasteiger partial charge in [-0.1, -0.05) is 48.5 Å². The van der Waals surface area contributed by atoms with Crippen LogP contribution in [0.15, 0.2) is 65.8 Å². The number of fused-ring (bicyclic) bond motifs is 2. The number of amides is 6. The van der Waals surface area contributed by atoms with E-state index in [4.69, 9.17) is 11.5 Å². The van der Waals surface area contributed by atoms with Crippen molar-refractivity contribution >= 4 is 58.3 Å². The Kier molecular flexibility index (Phi) is 18.5. The Morgan fingerprint density at radius 3 is 2.26 bits per heavy atom. The largest absolute Gasteiger partial charge is 0.480 e. The van der Waals surface area contributed by atoms with Crippen LogP contribution in [0.4, 0.5) is 0 Å². The number of aromatic nitrogens is 1. The molecule has 6 amide bonds. The van der Waals surface area contributed by atoms with Crippen LogP contribution in [0.1, 0.15) is 75.3 Å². The molecule has 3 fully saturated rings. The standard InChI is InChI=1S/C48H67N11O10/c1-58(27-41(62)63)39(22-28-9-3-2-4-10-28)45(67)55-36-14-8-19-51-42(64)35(13-7-20-52-48(49)50)54-44(66)38(23-30-25-53-34-12-6-5-11-33(30)34)56-43(65)37(21-29-15-17-31(60)18-16-29)57-46(68)40-24-32(61)26-59(40)47(36)69/h2-6,9-12,25,29,31-32,35-40,53,60-61H,7-8,13-24,26-27H2,1H3,(H,51,64)(H,54,66)(H,55,67)(H,56,65)(H,57,68)(H,62,63)(H4,49,50,52)/t29?,31?,32-,35+,36+,37-,38+,39+,40+/m1/s1. The maximum atomic E-state index is 14.7. The molecule has 2 aliphatic heterocycles. The lowest BCUT2D eigenvalue weighted by Crippen LogP contribution is -2.60. The van der Waals surface area contributed by atoms with Crippen LogP contribution < -0.4 is 38.1 Å². The van der Waals surface area contributed by atoms with Crippen LogP contribution in [0.5, 0.6) is 0 Å². The molecule has 3 heterocycles. The zero-order valence-electron chi connectivity index (χ0n) is 39.0. The fourth-order valence-electron chi connectivity index (χ4n) is 9.54. The first-order chi connectivity index (χ1) is 33.1. The molecule has 0 bridgehead atoms. The average Bonchev–Trinajstić information content (AvgIpc) is 3.92. The number of hydrogen-bond acceptors (Lipinski definition) is 11. The normalized spacial score (nSPS) is 25.9. The van der Waals surface area contributed by atoms with E-state index in [2.05, 4.69) is 36.6 Å². The van der Waals surface area contributed by atoms with Gasteiger partial charge in [0.2, 0.25) is 35.4 Å². The zero-order valence-corrected chi connectivity index (χ0v) is 39.0. The summed E-state index contributed by atoms with van der Waals surface area (Å²) >= 11 is 0. The molecule has 1 aromatic heterocycles. The second-order valence-electron chi connectivity index (χ2n) is 18.5. The number of carbonyl (C=O) groups excluding carboxylic acids is 6. The quantitative estimate of drug-likeness (QED) is 0.0503. The maximum absolute atomic E-state index is 14.7. The molecule has 1 aliphatic carbocycles. The number of carboxylic acid groups (broad SMARTS) is 1. The van der Waals surface area contributed by atoms with Gasteiger partial charge in [0.1, 0.15) is 30.2 Å². The number of aliphatic hydroxyl groups is 2. The molecule has 0 spiro atoms. The number of benzene rings is 2. The van der Waals surface area contributed by atoms with Gasteiger partial charge in [-0.25, -0.2) is 0 Å². The van der Waals surface area contributed by atoms with Crippen LogP contribution in [0.3, 0.4) is 0 Å². The fraction of sp³-hybridized carbons (Fsp3) is 0.542. The molecule has 7 atom stereocenters. The number of aliphatic carboxylic acids is 1. The minimum absolute atomic E-state index is 0.00270. The van der Waals surface area contributed by atoms with E-state index in [0.717, 1.165) is 16.5 Å². The van der Waals surface area contributed by atoms with E-state index >= 15 is 0 Å². The van der Waals surface area contributed by atoms with Gasteiger partial charge in [0.05, 0.1) is 24.8 Å². The van der Waals surface area contributed by atoms with Crippen molar-refractivity contribution in [2.24, 2.45) is 22.4 Å². The zero-order chi connectivity index (χ0) is 49.6. The Balaban J connectivity index is 1.34. The molecule has 374 valence electrons. The summed E-state index contributed by atoms with van der Waals surface area (Å²) in [7, 11) is 1.48. The van der Waals surface area contributed by atoms with Crippen LogP contribution in [-0.4, -0.2) is 159 Å². The molecule has 21 nitrogen and oxygen atoms in total. The van der Waals surface area contributed by atoms with Crippen LogP contribution in [0, 0.1) is 5.92 Å². The molecular weight excluding hydrogens is 891 g/mol. The maximum Gasteiger partial charge on any atom is 0.317 e. The molecule has 2 aromatic carbocycles. The van der Waals surface area contributed by atoms with E-state index in [1.165, 1.54) is 16.8 Å². The molecule has 21 heteroatoms. The van der Waals surface area contributed by atoms with Gasteiger partial charge >= 0.3 is 5.97 Å². The summed E-state index contributed by atoms with van der Waals surface area (Å²) in [4.78, 5) is 108. The Labute approximate surface area is 400 Å². The van der Waals surface area contributed by atoms with Gasteiger partial charge in [-0.3, -0.25) is 43.5 Å². The Morgan fingerprint density at radius 2 is 1.54 bits per heavy atom. The molecule has 69 heavy (non-hydrogen) atoms. The third kappa shape index (κ3) is 14.7. The van der Waals surface area contributed by atoms with Crippen LogP contribution in [0.25, 0.3) is 10.9 Å². The summed E-state index contributed by atoms with van der Waals surface area (Å²) in [5, 5.41) is 46.0. The number of nitrogens with two attached hydrogens (primary N) is 2. The number of para-hydroxylation sites is 1. The summed E-state index contributed by atoms with van der Waals surface area (Å²) < 4.78 is 0. The van der Waals surface area contributed by atoms with Crippen molar-refractivity contribution in [2.75, 3.05) is 33.2 Å². The fourth-order valence-corrected chi connectivity index (χ4v) is 9.54. The monoisotopic (exact) mass is 958 g/mol. The number of aromatic amines is 1. The molecule has 13 N–H and O–H groups in total. The number of nitrogens with zero attached hydrogens (tertiary/aromatic N) is 3. The minimum atomic E-state index is -1.31. The molecule has 3 aliphatic rings. The van der Waals surface area contributed by atoms with Crippen molar-refractivity contribution in [2.45, 2.75) is 126 Å². The summed E-state index contributed by atoms with van der Waals surface area (Å²) in [5.74, 6) is -5.43. The molecule has 1 saturated carbocycles. The second kappa shape index (κ2) is 24.6. The van der Waals surface area contributed by atoms with Gasteiger partial charge < -0.3 is 63.3 Å². The first-order valence-corrected chi connectivity index (χ1v) is 23.8. The molecule has 6 rings (SSSR count). The van der Waals surface area contributed by atoms with E-state index in [9.17, 15) is 48.9 Å². The number of aliphatic hydroxyl groups excluding tert-OH is 2. The molecule has 2 saturated heterocycles. The van der Waals surface area contributed by atoms with Crippen molar-refractivity contribution in [1.29, 1.82) is 0 Å². The molecular formula is C48H67N11O10. The first-order valence-electron chi connectivity index (χ1n) is 23.8. The molecule has 0 unspecified atom stereocenters. The lowest BCUT2D eigenvalue weighted by molar-refractivity contribution is -0.144. The van der Waals surface area contributed by atoms with Crippen molar-refractivity contribution in [3.05, 3.63) is 71.9 Å². The summed E-state index contributed by atoms with van der Waals surface area (Å²) in [6.45, 7) is -0.620. The Bertz CT molecular complexity index is 2300. The molecule has 0 radical (unpaired) electrons. The third-order valence-corrected chi connectivity index (χ3v) is 13.3. The topological polar surface area (TPSA) is 327 Å². The van der Waals surface area contributed by atoms with Crippen molar-refractivity contribution in [3.63, 3.8) is 0 Å². The highest BCUT2D eigenvalue weighted by molar-refractivity contribution is 5.97. The number of likely N-dealkylation sites (N-methyl/N-ethyl adjacent to an activating group) is 1. The van der Waals surface area contributed by atoms with Gasteiger partial charge in [0.25, 0.3) is 0 Å². The number of carbonyl (C=O) groups is 7. The predicted octanol–water partition coefficient (Wildman–Crippen LogP) is -0.856. The lowest BCUT2D eigenvalue weighted by atomic mass is 9.83. The van der Waals surface area contributed by atoms with Crippen LogP contribution in [-0.2, 0) is 46.4 Å². The van der Waals surface area contributed by atoms with Gasteiger partial charge in [0.15, 0.2) is 5.96 Å². The minimum Gasteiger partial charge on any atom is -0.480 e. The first kappa shape index (κ1) is 51.8. The van der Waals surface area contributed by atoms with Crippen LogP contribution in [0.2, 0.25) is 0 Å². The second-order valence-corrected chi connectivity index (χ2v) is 18.5. The number of aliphatic imine (C=N–C) groups is 1. The van der Waals surface area contributed by atoms with E-state index in [1.807, 2.05) is 24.3 Å². The van der Waals surface area contributed by atoms with Gasteiger partial charge in [-0.15, -0.1) is 0 Å². The number of guanidine groups is 1. The lowest BCUT2D eigenvalue weighted by Gasteiger charge is -2.33. The van der Waals surface area contributed by atoms with Gasteiger partial charge in [0, 0.05) is 49.6 Å². The third-order valence-electron chi connectivity index (χ3n) is 13.3. The Morgan fingerprint density at radius 1 is 0.855 bits per heavy atom. The van der Waals surface area contributed by atoms with Crippen LogP contribution >= 0.6 is 0 Å². The number of rotatable bonds is 15. The summed E-state index contributed by atoms with van der Waals surface area (Å²) in [5.41, 5.74) is 13.3. The van der Waals surface area contributed by atoms with Gasteiger partial charge in [-0.2, -0.15) is 0 Å². The molecule has 3 aromatic rings. The number of carboxylic acids is 1. The van der Waals surface area contributed by atoms with E-state index in [1.54, 1.807) is 36.5 Å². The smallest absolute Gasteiger partial charge is 0.317 e. The predicted molar refractivity (Wildman–Crippen MR) is 255 cm³/mol. The van der Waals surface area contributed by atoms with Crippen molar-refractivity contribution in [3.8, 4) is 0 Å².